The van der Waals surface area contributed by atoms with Crippen molar-refractivity contribution in [3.05, 3.63) is 5.82 Å². The molecule has 1 aromatic heterocycles. The van der Waals surface area contributed by atoms with Crippen LogP contribution in [0.4, 0.5) is 6.01 Å². The molecule has 5 heteroatoms. The van der Waals surface area contributed by atoms with Crippen LogP contribution in [-0.4, -0.2) is 29.0 Å². The summed E-state index contributed by atoms with van der Waals surface area (Å²) in [5.41, 5.74) is 0. The molecule has 0 fully saturated rings. The van der Waals surface area contributed by atoms with Gasteiger partial charge in [-0.15, -0.1) is 0 Å². The molecular formula is C20H37N3O2. The second-order valence-electron chi connectivity index (χ2n) is 6.79. The zero-order valence-corrected chi connectivity index (χ0v) is 16.7. The van der Waals surface area contributed by atoms with Gasteiger partial charge in [0.2, 0.25) is 0 Å². The van der Waals surface area contributed by atoms with E-state index in [1.807, 2.05) is 4.90 Å². The average Bonchev–Trinajstić information content (AvgIpc) is 3.09. The Balaban J connectivity index is 2.73. The normalized spacial score (nSPS) is 12.3. The largest absolute Gasteiger partial charge is 0.325 e. The highest BCUT2D eigenvalue weighted by molar-refractivity contribution is 5.84. The van der Waals surface area contributed by atoms with Crippen LogP contribution in [-0.2, 0) is 4.79 Å². The van der Waals surface area contributed by atoms with Crippen LogP contribution in [0.15, 0.2) is 4.52 Å². The van der Waals surface area contributed by atoms with Crippen molar-refractivity contribution in [3.63, 3.8) is 0 Å². The fourth-order valence-electron chi connectivity index (χ4n) is 3.10. The topological polar surface area (TPSA) is 59.2 Å². The van der Waals surface area contributed by atoms with Crippen LogP contribution in [0.1, 0.15) is 104 Å². The van der Waals surface area contributed by atoms with Crippen molar-refractivity contribution >= 4 is 11.8 Å². The molecular weight excluding hydrogens is 314 g/mol. The summed E-state index contributed by atoms with van der Waals surface area (Å²) in [6, 6.07) is 0.539. The van der Waals surface area contributed by atoms with Crippen molar-refractivity contribution in [1.82, 2.24) is 10.1 Å². The van der Waals surface area contributed by atoms with E-state index in [1.165, 1.54) is 25.7 Å². The van der Waals surface area contributed by atoms with Gasteiger partial charge in [0, 0.05) is 19.5 Å². The molecule has 0 aromatic carbocycles. The van der Waals surface area contributed by atoms with Crippen LogP contribution in [0.3, 0.4) is 0 Å². The van der Waals surface area contributed by atoms with Gasteiger partial charge in [-0.2, -0.15) is 4.98 Å². The Kier molecular flexibility index (Phi) is 11.2. The highest BCUT2D eigenvalue weighted by atomic mass is 16.5. The molecule has 1 heterocycles. The van der Waals surface area contributed by atoms with E-state index < -0.39 is 0 Å². The van der Waals surface area contributed by atoms with E-state index in [9.17, 15) is 4.79 Å². The van der Waals surface area contributed by atoms with Crippen molar-refractivity contribution < 1.29 is 9.32 Å². The maximum atomic E-state index is 12.8. The summed E-state index contributed by atoms with van der Waals surface area (Å²) in [4.78, 5) is 19.3. The molecule has 1 rings (SSSR count). The number of nitrogens with zero attached hydrogens (tertiary/aromatic N) is 3. The first-order chi connectivity index (χ1) is 12.2. The molecule has 144 valence electrons. The molecule has 0 aliphatic rings. The van der Waals surface area contributed by atoms with E-state index in [0.717, 1.165) is 45.2 Å². The summed E-state index contributed by atoms with van der Waals surface area (Å²) in [6.07, 6.45) is 10.6. The molecule has 0 bridgehead atoms. The minimum Gasteiger partial charge on any atom is -0.325 e. The molecule has 0 saturated heterocycles. The highest BCUT2D eigenvalue weighted by Crippen LogP contribution is 2.26. The number of unbranched alkanes of at least 4 members (excludes halogenated alkanes) is 6. The van der Waals surface area contributed by atoms with Gasteiger partial charge in [0.25, 0.3) is 0 Å². The Labute approximate surface area is 153 Å². The third-order valence-electron chi connectivity index (χ3n) is 4.79. The molecule has 1 aromatic rings. The fourth-order valence-corrected chi connectivity index (χ4v) is 3.10. The number of ketones is 1. The van der Waals surface area contributed by atoms with E-state index in [0.29, 0.717) is 18.3 Å². The van der Waals surface area contributed by atoms with Crippen LogP contribution in [0.2, 0.25) is 0 Å². The number of carbonyl (C=O) groups excluding carboxylic acids is 1. The van der Waals surface area contributed by atoms with Crippen LogP contribution < -0.4 is 4.90 Å². The number of hydrogen-bond acceptors (Lipinski definition) is 5. The lowest BCUT2D eigenvalue weighted by atomic mass is 9.92. The molecule has 0 radical (unpaired) electrons. The van der Waals surface area contributed by atoms with Gasteiger partial charge in [-0.05, 0) is 26.7 Å². The lowest BCUT2D eigenvalue weighted by molar-refractivity contribution is -0.121. The molecule has 5 nitrogen and oxygen atoms in total. The van der Waals surface area contributed by atoms with Gasteiger partial charge in [0.15, 0.2) is 5.82 Å². The summed E-state index contributed by atoms with van der Waals surface area (Å²) in [5.74, 6) is 0.657. The average molecular weight is 352 g/mol. The first-order valence-electron chi connectivity index (χ1n) is 10.3. The lowest BCUT2D eigenvalue weighted by Crippen LogP contribution is -2.22. The van der Waals surface area contributed by atoms with Crippen molar-refractivity contribution in [2.24, 2.45) is 0 Å². The Bertz CT molecular complexity index is 469. The Hall–Kier alpha value is -1.39. The smallest absolute Gasteiger partial charge is 0.324 e. The summed E-state index contributed by atoms with van der Waals surface area (Å²) in [6.45, 7) is 10.2. The molecule has 0 amide bonds. The van der Waals surface area contributed by atoms with Crippen LogP contribution in [0.25, 0.3) is 0 Å². The van der Waals surface area contributed by atoms with Crippen LogP contribution in [0.5, 0.6) is 0 Å². The first kappa shape index (κ1) is 21.7. The zero-order chi connectivity index (χ0) is 18.5. The third-order valence-corrected chi connectivity index (χ3v) is 4.79. The number of Topliss-reactive ketones (excluding diaryl/α,β-unsaturated/α-hetero) is 1. The van der Waals surface area contributed by atoms with Crippen molar-refractivity contribution in [2.75, 3.05) is 18.0 Å². The molecule has 25 heavy (non-hydrogen) atoms. The number of anilines is 1. The molecule has 1 atom stereocenters. The first-order valence-corrected chi connectivity index (χ1v) is 10.3. The molecule has 0 N–H and O–H groups in total. The SMILES string of the molecule is CCCCCCC(=O)C(CCCCCC)c1noc(N(CC)CC)n1. The number of aromatic nitrogens is 2. The number of rotatable bonds is 15. The Morgan fingerprint density at radius 2 is 1.60 bits per heavy atom. The zero-order valence-electron chi connectivity index (χ0n) is 16.7. The van der Waals surface area contributed by atoms with Crippen molar-refractivity contribution in [3.8, 4) is 0 Å². The summed E-state index contributed by atoms with van der Waals surface area (Å²) < 4.78 is 5.42. The van der Waals surface area contributed by atoms with Gasteiger partial charge in [-0.25, -0.2) is 0 Å². The third kappa shape index (κ3) is 7.57. The van der Waals surface area contributed by atoms with E-state index in [4.69, 9.17) is 4.52 Å². The van der Waals surface area contributed by atoms with Gasteiger partial charge in [0.1, 0.15) is 5.78 Å². The van der Waals surface area contributed by atoms with Gasteiger partial charge >= 0.3 is 6.01 Å². The second-order valence-corrected chi connectivity index (χ2v) is 6.79. The molecule has 1 unspecified atom stereocenters. The second kappa shape index (κ2) is 12.9. The van der Waals surface area contributed by atoms with Crippen molar-refractivity contribution in [2.45, 2.75) is 97.8 Å². The van der Waals surface area contributed by atoms with Crippen molar-refractivity contribution in [1.29, 1.82) is 0 Å². The lowest BCUT2D eigenvalue weighted by Gasteiger charge is -2.14. The molecule has 0 aliphatic carbocycles. The Morgan fingerprint density at radius 1 is 0.960 bits per heavy atom. The molecule has 0 aliphatic heterocycles. The predicted octanol–water partition coefficient (Wildman–Crippen LogP) is 5.51. The van der Waals surface area contributed by atoms with Gasteiger partial charge in [-0.1, -0.05) is 63.9 Å². The summed E-state index contributed by atoms with van der Waals surface area (Å²) in [5, 5.41) is 4.15. The highest BCUT2D eigenvalue weighted by Gasteiger charge is 2.26. The monoisotopic (exact) mass is 351 g/mol. The van der Waals surface area contributed by atoms with E-state index >= 15 is 0 Å². The quantitative estimate of drug-likeness (QED) is 0.390. The van der Waals surface area contributed by atoms with Crippen LogP contribution in [0, 0.1) is 0 Å². The predicted molar refractivity (Wildman–Crippen MR) is 103 cm³/mol. The summed E-state index contributed by atoms with van der Waals surface area (Å²) in [7, 11) is 0. The van der Waals surface area contributed by atoms with Gasteiger partial charge in [0.05, 0.1) is 5.92 Å². The Morgan fingerprint density at radius 3 is 2.20 bits per heavy atom. The maximum absolute atomic E-state index is 12.8. The van der Waals surface area contributed by atoms with E-state index in [1.54, 1.807) is 0 Å². The fraction of sp³-hybridized carbons (Fsp3) is 0.850. The minimum absolute atomic E-state index is 0.202. The molecule has 0 spiro atoms. The molecule has 0 saturated carbocycles. The number of carbonyl (C=O) groups is 1. The minimum atomic E-state index is -0.202. The van der Waals surface area contributed by atoms with E-state index in [-0.39, 0.29) is 11.7 Å². The van der Waals surface area contributed by atoms with E-state index in [2.05, 4.69) is 37.8 Å². The number of hydrogen-bond donors (Lipinski definition) is 0. The van der Waals surface area contributed by atoms with Gasteiger partial charge < -0.3 is 9.42 Å². The maximum Gasteiger partial charge on any atom is 0.324 e. The standard InChI is InChI=1S/C20H37N3O2/c1-5-9-11-13-15-17(18(24)16-14-12-10-6-2)19-21-20(25-22-19)23(7-3)8-4/h17H,5-16H2,1-4H3. The summed E-state index contributed by atoms with van der Waals surface area (Å²) >= 11 is 0. The van der Waals surface area contributed by atoms with Gasteiger partial charge in [-0.3, -0.25) is 4.79 Å². The van der Waals surface area contributed by atoms with Crippen LogP contribution >= 0.6 is 0 Å².